The predicted octanol–water partition coefficient (Wildman–Crippen LogP) is 7.25. The van der Waals surface area contributed by atoms with Crippen molar-refractivity contribution in [2.75, 3.05) is 20.8 Å². The van der Waals surface area contributed by atoms with Gasteiger partial charge in [0.05, 0.1) is 17.7 Å². The average Bonchev–Trinajstić information content (AvgIpc) is 3.04. The van der Waals surface area contributed by atoms with Crippen LogP contribution in [0.15, 0.2) is 18.2 Å². The smallest absolute Gasteiger partial charge is 0.444 e. The van der Waals surface area contributed by atoms with Gasteiger partial charge in [-0.25, -0.2) is 9.36 Å². The summed E-state index contributed by atoms with van der Waals surface area (Å²) in [4.78, 5) is 13.4. The van der Waals surface area contributed by atoms with Crippen molar-refractivity contribution in [3.8, 4) is 0 Å². The summed E-state index contributed by atoms with van der Waals surface area (Å²) in [6.45, 7) is 8.63. The van der Waals surface area contributed by atoms with Crippen LogP contribution < -0.4 is 5.32 Å². The molecule has 2 rings (SSSR count). The summed E-state index contributed by atoms with van der Waals surface area (Å²) in [7, 11) is -1.40. The number of benzene rings is 1. The lowest BCUT2D eigenvalue weighted by Gasteiger charge is -2.32. The summed E-state index contributed by atoms with van der Waals surface area (Å²) in [6, 6.07) is 3.77. The lowest BCUT2D eigenvalue weighted by atomic mass is 9.93. The van der Waals surface area contributed by atoms with Crippen molar-refractivity contribution in [2.24, 2.45) is 0 Å². The van der Waals surface area contributed by atoms with Crippen molar-refractivity contribution in [1.82, 2.24) is 5.32 Å². The SMILES string of the molecule is COP(=O)(OC)OC[C@](C)(CCCc1c(C)sc2cc(C(F)(F)F)ccc12)NC(=O)OC(C)(C)C. The van der Waals surface area contributed by atoms with Crippen LogP contribution in [0.3, 0.4) is 0 Å². The number of fused-ring (bicyclic) bond motifs is 1. The molecular weight excluding hydrogens is 506 g/mol. The molecule has 0 unspecified atom stereocenters. The number of hydrogen-bond donors (Lipinski definition) is 1. The molecule has 0 fully saturated rings. The van der Waals surface area contributed by atoms with E-state index in [0.29, 0.717) is 24.0 Å². The summed E-state index contributed by atoms with van der Waals surface area (Å²) >= 11 is 1.32. The van der Waals surface area contributed by atoms with E-state index >= 15 is 0 Å². The highest BCUT2D eigenvalue weighted by molar-refractivity contribution is 7.48. The Morgan fingerprint density at radius 1 is 1.11 bits per heavy atom. The average molecular weight is 540 g/mol. The minimum atomic E-state index is -4.40. The number of phosphoric acid groups is 1. The first kappa shape index (κ1) is 29.6. The van der Waals surface area contributed by atoms with Gasteiger partial charge in [-0.2, -0.15) is 13.2 Å². The standard InChI is InChI=1S/C23H33F3NO6PS/c1-15-17(18-11-10-16(23(24,25)26)13-19(18)35-15)9-8-12-22(5,14-32-34(29,30-6)31-7)27-20(28)33-21(2,3)4/h10-11,13H,8-9,12,14H2,1-7H3,(H,27,28)/t22-/m0/s1. The van der Waals surface area contributed by atoms with Crippen LogP contribution in [0.2, 0.25) is 0 Å². The number of carbonyl (C=O) groups excluding carboxylic acids is 1. The number of rotatable bonds is 10. The Labute approximate surface area is 207 Å². The van der Waals surface area contributed by atoms with E-state index in [1.807, 2.05) is 6.92 Å². The third kappa shape index (κ3) is 8.46. The lowest BCUT2D eigenvalue weighted by Crippen LogP contribution is -2.51. The van der Waals surface area contributed by atoms with Gasteiger partial charge in [0.2, 0.25) is 0 Å². The van der Waals surface area contributed by atoms with Crippen LogP contribution in [0.5, 0.6) is 0 Å². The van der Waals surface area contributed by atoms with E-state index in [4.69, 9.17) is 18.3 Å². The van der Waals surface area contributed by atoms with Crippen molar-refractivity contribution in [2.45, 2.75) is 71.2 Å². The van der Waals surface area contributed by atoms with Crippen LogP contribution in [0.4, 0.5) is 18.0 Å². The zero-order valence-corrected chi connectivity index (χ0v) is 22.7. The number of alkyl halides is 3. The molecule has 0 saturated carbocycles. The number of alkyl carbamates (subject to hydrolysis) is 1. The number of halogens is 3. The largest absolute Gasteiger partial charge is 0.474 e. The Hall–Kier alpha value is -1.65. The maximum Gasteiger partial charge on any atom is 0.474 e. The quantitative estimate of drug-likeness (QED) is 0.320. The van der Waals surface area contributed by atoms with Crippen molar-refractivity contribution in [1.29, 1.82) is 0 Å². The molecule has 0 saturated heterocycles. The molecule has 35 heavy (non-hydrogen) atoms. The molecular formula is C23H33F3NO6PS. The molecule has 1 heterocycles. The summed E-state index contributed by atoms with van der Waals surface area (Å²) < 4.78 is 72.6. The normalized spacial score (nSPS) is 14.7. The lowest BCUT2D eigenvalue weighted by molar-refractivity contribution is -0.137. The first-order chi connectivity index (χ1) is 16.0. The zero-order valence-electron chi connectivity index (χ0n) is 21.0. The van der Waals surface area contributed by atoms with E-state index in [0.717, 1.165) is 21.9 Å². The van der Waals surface area contributed by atoms with Gasteiger partial charge in [-0.1, -0.05) is 6.07 Å². The second kappa shape index (κ2) is 11.2. The van der Waals surface area contributed by atoms with Crippen molar-refractivity contribution >= 4 is 35.3 Å². The fourth-order valence-corrected chi connectivity index (χ4v) is 5.49. The maximum atomic E-state index is 13.1. The molecule has 1 N–H and O–H groups in total. The molecule has 1 aromatic heterocycles. The Morgan fingerprint density at radius 2 is 1.74 bits per heavy atom. The van der Waals surface area contributed by atoms with Gasteiger partial charge in [0.25, 0.3) is 0 Å². The van der Waals surface area contributed by atoms with Gasteiger partial charge in [-0.15, -0.1) is 11.3 Å². The van der Waals surface area contributed by atoms with E-state index in [2.05, 4.69) is 5.32 Å². The molecule has 0 aliphatic rings. The molecule has 1 atom stereocenters. The van der Waals surface area contributed by atoms with Crippen molar-refractivity contribution in [3.63, 3.8) is 0 Å². The molecule has 1 amide bonds. The second-order valence-corrected chi connectivity index (χ2v) is 12.6. The number of hydrogen-bond acceptors (Lipinski definition) is 7. The van der Waals surface area contributed by atoms with Crippen LogP contribution in [-0.2, 0) is 35.5 Å². The molecule has 198 valence electrons. The number of carbonyl (C=O) groups is 1. The number of phosphoric ester groups is 1. The van der Waals surface area contributed by atoms with Gasteiger partial charge in [0, 0.05) is 23.8 Å². The highest BCUT2D eigenvalue weighted by atomic mass is 32.1. The Bertz CT molecular complexity index is 1070. The number of thiophene rings is 1. The van der Waals surface area contributed by atoms with Gasteiger partial charge < -0.3 is 10.1 Å². The molecule has 0 spiro atoms. The molecule has 0 radical (unpaired) electrons. The first-order valence-corrected chi connectivity index (χ1v) is 13.2. The van der Waals surface area contributed by atoms with Gasteiger partial charge in [-0.05, 0) is 77.0 Å². The summed E-state index contributed by atoms with van der Waals surface area (Å²) in [5.41, 5.74) is -1.43. The van der Waals surface area contributed by atoms with Crippen LogP contribution in [0, 0.1) is 6.92 Å². The van der Waals surface area contributed by atoms with E-state index in [-0.39, 0.29) is 6.61 Å². The predicted molar refractivity (Wildman–Crippen MR) is 130 cm³/mol. The van der Waals surface area contributed by atoms with E-state index < -0.39 is 36.8 Å². The minimum Gasteiger partial charge on any atom is -0.444 e. The molecule has 1 aromatic carbocycles. The van der Waals surface area contributed by atoms with Gasteiger partial charge in [-0.3, -0.25) is 13.6 Å². The monoisotopic (exact) mass is 539 g/mol. The van der Waals surface area contributed by atoms with Gasteiger partial charge in [0.1, 0.15) is 5.60 Å². The molecule has 0 aliphatic heterocycles. The maximum absolute atomic E-state index is 13.1. The Balaban J connectivity index is 2.19. The second-order valence-electron chi connectivity index (χ2n) is 9.47. The van der Waals surface area contributed by atoms with Crippen molar-refractivity contribution in [3.05, 3.63) is 34.2 Å². The van der Waals surface area contributed by atoms with Gasteiger partial charge in [0.15, 0.2) is 0 Å². The third-order valence-electron chi connectivity index (χ3n) is 5.27. The molecule has 2 aromatic rings. The molecule has 12 heteroatoms. The highest BCUT2D eigenvalue weighted by Gasteiger charge is 2.34. The fourth-order valence-electron chi connectivity index (χ4n) is 3.54. The summed E-state index contributed by atoms with van der Waals surface area (Å²) in [5, 5.41) is 3.57. The molecule has 7 nitrogen and oxygen atoms in total. The van der Waals surface area contributed by atoms with Crippen LogP contribution in [0.1, 0.15) is 56.5 Å². The number of ether oxygens (including phenoxy) is 1. The highest BCUT2D eigenvalue weighted by Crippen LogP contribution is 2.48. The Morgan fingerprint density at radius 3 is 2.29 bits per heavy atom. The molecule has 0 bridgehead atoms. The summed E-state index contributed by atoms with van der Waals surface area (Å²) in [5.74, 6) is 0. The first-order valence-electron chi connectivity index (χ1n) is 11.0. The zero-order chi connectivity index (χ0) is 26.7. The van der Waals surface area contributed by atoms with Crippen LogP contribution in [-0.4, -0.2) is 38.1 Å². The number of aryl methyl sites for hydroxylation is 2. The Kier molecular flexibility index (Phi) is 9.44. The summed E-state index contributed by atoms with van der Waals surface area (Å²) in [6.07, 6.45) is -3.53. The molecule has 0 aliphatic carbocycles. The topological polar surface area (TPSA) is 83.1 Å². The van der Waals surface area contributed by atoms with Gasteiger partial charge >= 0.3 is 20.1 Å². The van der Waals surface area contributed by atoms with E-state index in [9.17, 15) is 22.5 Å². The van der Waals surface area contributed by atoms with Crippen molar-refractivity contribution < 1.29 is 40.8 Å². The van der Waals surface area contributed by atoms with Crippen LogP contribution >= 0.6 is 19.2 Å². The van der Waals surface area contributed by atoms with E-state index in [1.54, 1.807) is 27.7 Å². The third-order valence-corrected chi connectivity index (χ3v) is 7.72. The fraction of sp³-hybridized carbons (Fsp3) is 0.609. The number of nitrogens with one attached hydrogen (secondary N) is 1. The minimum absolute atomic E-state index is 0.177. The number of amides is 1. The van der Waals surface area contributed by atoms with E-state index in [1.165, 1.54) is 37.7 Å². The van der Waals surface area contributed by atoms with Crippen LogP contribution in [0.25, 0.3) is 10.1 Å².